The van der Waals surface area contributed by atoms with Gasteiger partial charge in [-0.1, -0.05) is 23.8 Å². The fraction of sp³-hybridized carbons (Fsp3) is 0.500. The molecule has 0 fully saturated rings. The van der Waals surface area contributed by atoms with Crippen LogP contribution in [0, 0.1) is 0 Å². The van der Waals surface area contributed by atoms with E-state index in [1.807, 2.05) is 31.3 Å². The first-order chi connectivity index (χ1) is 9.38. The van der Waals surface area contributed by atoms with E-state index in [2.05, 4.69) is 11.4 Å². The van der Waals surface area contributed by atoms with Gasteiger partial charge in [0.2, 0.25) is 0 Å². The van der Waals surface area contributed by atoms with Crippen molar-refractivity contribution in [3.8, 4) is 11.5 Å². The molecular weight excluding hydrogens is 238 g/mol. The number of rotatable bonds is 3. The van der Waals surface area contributed by atoms with Gasteiger partial charge >= 0.3 is 0 Å². The van der Waals surface area contributed by atoms with Crippen molar-refractivity contribution in [2.45, 2.75) is 37.8 Å². The van der Waals surface area contributed by atoms with Crippen molar-refractivity contribution in [3.63, 3.8) is 0 Å². The lowest BCUT2D eigenvalue weighted by Crippen LogP contribution is -2.47. The largest absolute Gasteiger partial charge is 0.486 e. The van der Waals surface area contributed by atoms with Crippen molar-refractivity contribution in [3.05, 3.63) is 35.9 Å². The summed E-state index contributed by atoms with van der Waals surface area (Å²) >= 11 is 0. The summed E-state index contributed by atoms with van der Waals surface area (Å²) < 4.78 is 11.9. The van der Waals surface area contributed by atoms with Crippen LogP contribution in [0.3, 0.4) is 0 Å². The molecule has 0 spiro atoms. The molecule has 2 aliphatic rings. The van der Waals surface area contributed by atoms with Crippen molar-refractivity contribution in [2.75, 3.05) is 13.7 Å². The van der Waals surface area contributed by atoms with Crippen LogP contribution in [0.2, 0.25) is 0 Å². The number of hydrogen-bond acceptors (Lipinski definition) is 3. The lowest BCUT2D eigenvalue weighted by Gasteiger charge is -2.34. The maximum atomic E-state index is 6.11. The van der Waals surface area contributed by atoms with Gasteiger partial charge in [-0.3, -0.25) is 0 Å². The second-order valence-electron chi connectivity index (χ2n) is 5.21. The topological polar surface area (TPSA) is 30.5 Å². The van der Waals surface area contributed by atoms with Crippen LogP contribution in [0.15, 0.2) is 35.9 Å². The van der Waals surface area contributed by atoms with Crippen molar-refractivity contribution >= 4 is 0 Å². The number of ether oxygens (including phenoxy) is 2. The minimum atomic E-state index is 0.0595. The van der Waals surface area contributed by atoms with Gasteiger partial charge in [-0.2, -0.15) is 0 Å². The minimum absolute atomic E-state index is 0.0595. The van der Waals surface area contributed by atoms with Gasteiger partial charge in [0.1, 0.15) is 6.61 Å². The van der Waals surface area contributed by atoms with Crippen LogP contribution in [-0.2, 0) is 0 Å². The van der Waals surface area contributed by atoms with Crippen LogP contribution >= 0.6 is 0 Å². The first-order valence-corrected chi connectivity index (χ1v) is 7.13. The van der Waals surface area contributed by atoms with Crippen molar-refractivity contribution < 1.29 is 9.47 Å². The number of benzene rings is 1. The molecule has 1 aliphatic carbocycles. The third kappa shape index (κ3) is 2.61. The average Bonchev–Trinajstić information content (AvgIpc) is 2.49. The van der Waals surface area contributed by atoms with E-state index in [9.17, 15) is 0 Å². The summed E-state index contributed by atoms with van der Waals surface area (Å²) in [6, 6.07) is 8.15. The molecular formula is C16H21NO2. The zero-order chi connectivity index (χ0) is 13.1. The van der Waals surface area contributed by atoms with Gasteiger partial charge in [-0.15, -0.1) is 0 Å². The molecule has 3 rings (SSSR count). The summed E-state index contributed by atoms with van der Waals surface area (Å²) in [6.07, 6.45) is 7.39. The van der Waals surface area contributed by atoms with Crippen molar-refractivity contribution in [1.82, 2.24) is 5.32 Å². The summed E-state index contributed by atoms with van der Waals surface area (Å²) in [5.74, 6) is 1.71. The van der Waals surface area contributed by atoms with Gasteiger partial charge in [-0.05, 0) is 44.9 Å². The number of fused-ring (bicyclic) bond motifs is 1. The smallest absolute Gasteiger partial charge is 0.161 e. The van der Waals surface area contributed by atoms with Crippen LogP contribution in [0.1, 0.15) is 25.7 Å². The molecule has 1 aromatic rings. The number of allylic oxidation sites excluding steroid dienone is 1. The third-order valence-corrected chi connectivity index (χ3v) is 3.94. The summed E-state index contributed by atoms with van der Waals surface area (Å²) in [5.41, 5.74) is 1.47. The highest BCUT2D eigenvalue weighted by atomic mass is 16.6. The van der Waals surface area contributed by atoms with Crippen LogP contribution in [0.25, 0.3) is 0 Å². The highest BCUT2D eigenvalue weighted by Gasteiger charge is 2.30. The molecule has 0 radical (unpaired) electrons. The highest BCUT2D eigenvalue weighted by molar-refractivity contribution is 5.41. The van der Waals surface area contributed by atoms with Gasteiger partial charge in [0.15, 0.2) is 17.6 Å². The van der Waals surface area contributed by atoms with Gasteiger partial charge in [0, 0.05) is 0 Å². The van der Waals surface area contributed by atoms with Gasteiger partial charge in [-0.25, -0.2) is 0 Å². The van der Waals surface area contributed by atoms with Crippen LogP contribution in [0.5, 0.6) is 11.5 Å². The molecule has 1 heterocycles. The zero-order valence-corrected chi connectivity index (χ0v) is 11.4. The predicted molar refractivity (Wildman–Crippen MR) is 75.8 cm³/mol. The first kappa shape index (κ1) is 12.5. The quantitative estimate of drug-likeness (QED) is 0.847. The van der Waals surface area contributed by atoms with E-state index in [1.54, 1.807) is 0 Å². The van der Waals surface area contributed by atoms with Crippen LogP contribution < -0.4 is 14.8 Å². The number of nitrogens with one attached hydrogen (secondary N) is 1. The van der Waals surface area contributed by atoms with Gasteiger partial charge in [0.05, 0.1) is 6.04 Å². The Labute approximate surface area is 114 Å². The lowest BCUT2D eigenvalue weighted by atomic mass is 9.91. The summed E-state index contributed by atoms with van der Waals surface area (Å²) in [5, 5.41) is 3.40. The molecule has 3 nitrogen and oxygen atoms in total. The normalized spacial score (nSPS) is 23.6. The van der Waals surface area contributed by atoms with E-state index in [0.717, 1.165) is 11.5 Å². The molecule has 19 heavy (non-hydrogen) atoms. The molecule has 2 atom stereocenters. The molecule has 0 amide bonds. The van der Waals surface area contributed by atoms with Crippen LogP contribution in [-0.4, -0.2) is 25.8 Å². The molecule has 102 valence electrons. The fourth-order valence-corrected chi connectivity index (χ4v) is 2.96. The Morgan fingerprint density at radius 3 is 2.79 bits per heavy atom. The van der Waals surface area contributed by atoms with E-state index >= 15 is 0 Å². The second kappa shape index (κ2) is 5.66. The number of hydrogen-bond donors (Lipinski definition) is 1. The third-order valence-electron chi connectivity index (χ3n) is 3.94. The average molecular weight is 259 g/mol. The van der Waals surface area contributed by atoms with Crippen molar-refractivity contribution in [1.29, 1.82) is 0 Å². The fourth-order valence-electron chi connectivity index (χ4n) is 2.96. The minimum Gasteiger partial charge on any atom is -0.486 e. The maximum Gasteiger partial charge on any atom is 0.161 e. The number of para-hydroxylation sites is 2. The molecule has 0 bridgehead atoms. The second-order valence-corrected chi connectivity index (χ2v) is 5.21. The standard InChI is InChI=1S/C16H21NO2/c1-17-16(12-7-3-2-4-8-12)15-11-18-13-9-5-6-10-14(13)19-15/h5-7,9-10,15-17H,2-4,8,11H2,1H3. The zero-order valence-electron chi connectivity index (χ0n) is 11.4. The summed E-state index contributed by atoms with van der Waals surface area (Å²) in [7, 11) is 2.00. The Bertz CT molecular complexity index is 470. The molecule has 1 aliphatic heterocycles. The molecule has 0 saturated carbocycles. The Balaban J connectivity index is 1.77. The first-order valence-electron chi connectivity index (χ1n) is 7.13. The van der Waals surface area contributed by atoms with E-state index in [4.69, 9.17) is 9.47 Å². The van der Waals surface area contributed by atoms with Crippen LogP contribution in [0.4, 0.5) is 0 Å². The van der Waals surface area contributed by atoms with E-state index < -0.39 is 0 Å². The van der Waals surface area contributed by atoms with Gasteiger partial charge < -0.3 is 14.8 Å². The molecule has 0 saturated heterocycles. The Hall–Kier alpha value is -1.48. The molecule has 1 N–H and O–H groups in total. The molecule has 2 unspecified atom stereocenters. The monoisotopic (exact) mass is 259 g/mol. The summed E-state index contributed by atoms with van der Waals surface area (Å²) in [4.78, 5) is 0. The maximum absolute atomic E-state index is 6.11. The predicted octanol–water partition coefficient (Wildman–Crippen LogP) is 2.91. The molecule has 0 aromatic heterocycles. The Kier molecular flexibility index (Phi) is 3.74. The van der Waals surface area contributed by atoms with E-state index in [-0.39, 0.29) is 12.1 Å². The van der Waals surface area contributed by atoms with Crippen molar-refractivity contribution in [2.24, 2.45) is 0 Å². The summed E-state index contributed by atoms with van der Waals surface area (Å²) in [6.45, 7) is 0.611. The molecule has 3 heteroatoms. The Morgan fingerprint density at radius 1 is 1.21 bits per heavy atom. The highest BCUT2D eigenvalue weighted by Crippen LogP contribution is 2.33. The lowest BCUT2D eigenvalue weighted by molar-refractivity contribution is 0.0717. The number of likely N-dealkylation sites (N-methyl/N-ethyl adjacent to an activating group) is 1. The van der Waals surface area contributed by atoms with Gasteiger partial charge in [0.25, 0.3) is 0 Å². The van der Waals surface area contributed by atoms with E-state index in [1.165, 1.54) is 31.3 Å². The SMILES string of the molecule is CNC(C1=CCCCC1)C1COc2ccccc2O1. The van der Waals surface area contributed by atoms with E-state index in [0.29, 0.717) is 6.61 Å². The Morgan fingerprint density at radius 2 is 2.05 bits per heavy atom. The molecule has 1 aromatic carbocycles.